The molecule has 0 aliphatic carbocycles. The molecule has 0 bridgehead atoms. The van der Waals surface area contributed by atoms with Crippen molar-refractivity contribution in [2.75, 3.05) is 13.7 Å². The average Bonchev–Trinajstić information content (AvgIpc) is 2.51. The summed E-state index contributed by atoms with van der Waals surface area (Å²) in [6, 6.07) is 6.39. The van der Waals surface area contributed by atoms with Gasteiger partial charge in [-0.1, -0.05) is 32.9 Å². The van der Waals surface area contributed by atoms with E-state index in [0.29, 0.717) is 5.56 Å². The van der Waals surface area contributed by atoms with Crippen LogP contribution in [0.3, 0.4) is 0 Å². The van der Waals surface area contributed by atoms with Crippen molar-refractivity contribution < 1.29 is 19.1 Å². The van der Waals surface area contributed by atoms with Crippen molar-refractivity contribution in [2.45, 2.75) is 39.2 Å². The van der Waals surface area contributed by atoms with Gasteiger partial charge in [-0.3, -0.25) is 9.59 Å². The van der Waals surface area contributed by atoms with Crippen LogP contribution in [0.2, 0.25) is 0 Å². The lowest BCUT2D eigenvalue weighted by Gasteiger charge is -2.19. The number of carbonyl (C=O) groups is 3. The Labute approximate surface area is 136 Å². The molecule has 0 radical (unpaired) electrons. The Bertz CT molecular complexity index is 573. The SMILES string of the molecule is CNC(=O)COC(=O)[C@H](C)NC(=O)c1ccc(C(C)(C)C)cc1. The van der Waals surface area contributed by atoms with Gasteiger partial charge < -0.3 is 15.4 Å². The molecule has 0 fully saturated rings. The van der Waals surface area contributed by atoms with Gasteiger partial charge in [0.15, 0.2) is 6.61 Å². The normalized spacial score (nSPS) is 12.2. The number of ether oxygens (including phenoxy) is 1. The van der Waals surface area contributed by atoms with E-state index >= 15 is 0 Å². The topological polar surface area (TPSA) is 84.5 Å². The van der Waals surface area contributed by atoms with Gasteiger partial charge in [-0.15, -0.1) is 0 Å². The molecule has 6 nitrogen and oxygen atoms in total. The van der Waals surface area contributed by atoms with Crippen molar-refractivity contribution in [3.8, 4) is 0 Å². The summed E-state index contributed by atoms with van der Waals surface area (Å²) in [5, 5.41) is 4.89. The highest BCUT2D eigenvalue weighted by Gasteiger charge is 2.19. The Hall–Kier alpha value is -2.37. The van der Waals surface area contributed by atoms with Gasteiger partial charge >= 0.3 is 5.97 Å². The largest absolute Gasteiger partial charge is 0.454 e. The smallest absolute Gasteiger partial charge is 0.328 e. The number of likely N-dealkylation sites (N-methyl/N-ethyl adjacent to an activating group) is 1. The fourth-order valence-corrected chi connectivity index (χ4v) is 1.79. The molecule has 0 aromatic heterocycles. The van der Waals surface area contributed by atoms with Gasteiger partial charge in [0.1, 0.15) is 6.04 Å². The van der Waals surface area contributed by atoms with E-state index in [9.17, 15) is 14.4 Å². The first kappa shape index (κ1) is 18.7. The van der Waals surface area contributed by atoms with Gasteiger partial charge in [0, 0.05) is 12.6 Å². The fourth-order valence-electron chi connectivity index (χ4n) is 1.79. The van der Waals surface area contributed by atoms with Crippen molar-refractivity contribution in [1.29, 1.82) is 0 Å². The molecule has 0 heterocycles. The molecule has 126 valence electrons. The summed E-state index contributed by atoms with van der Waals surface area (Å²) < 4.78 is 4.79. The zero-order valence-corrected chi connectivity index (χ0v) is 14.2. The van der Waals surface area contributed by atoms with Crippen LogP contribution < -0.4 is 10.6 Å². The molecule has 1 atom stereocenters. The zero-order chi connectivity index (χ0) is 17.6. The summed E-state index contributed by atoms with van der Waals surface area (Å²) in [4.78, 5) is 34.8. The lowest BCUT2D eigenvalue weighted by molar-refractivity contribution is -0.149. The molecule has 0 unspecified atom stereocenters. The van der Waals surface area contributed by atoms with Crippen LogP contribution in [0.5, 0.6) is 0 Å². The number of hydrogen-bond acceptors (Lipinski definition) is 4. The van der Waals surface area contributed by atoms with E-state index in [4.69, 9.17) is 4.74 Å². The van der Waals surface area contributed by atoms with E-state index in [1.165, 1.54) is 14.0 Å². The molecule has 0 aliphatic heterocycles. The number of amides is 2. The minimum atomic E-state index is -0.838. The number of hydrogen-bond donors (Lipinski definition) is 2. The third-order valence-corrected chi connectivity index (χ3v) is 3.34. The lowest BCUT2D eigenvalue weighted by atomic mass is 9.86. The third-order valence-electron chi connectivity index (χ3n) is 3.34. The maximum Gasteiger partial charge on any atom is 0.328 e. The second-order valence-corrected chi connectivity index (χ2v) is 6.30. The quantitative estimate of drug-likeness (QED) is 0.803. The van der Waals surface area contributed by atoms with E-state index in [1.807, 2.05) is 12.1 Å². The molecule has 6 heteroatoms. The molecule has 0 aliphatic rings. The van der Waals surface area contributed by atoms with Crippen molar-refractivity contribution in [3.05, 3.63) is 35.4 Å². The van der Waals surface area contributed by atoms with Crippen molar-refractivity contribution in [2.24, 2.45) is 0 Å². The highest BCUT2D eigenvalue weighted by molar-refractivity contribution is 5.96. The third kappa shape index (κ3) is 5.73. The van der Waals surface area contributed by atoms with E-state index in [-0.39, 0.29) is 17.9 Å². The number of rotatable bonds is 5. The summed E-state index contributed by atoms with van der Waals surface area (Å²) in [5.41, 5.74) is 1.59. The molecule has 1 aromatic rings. The molecule has 1 aromatic carbocycles. The summed E-state index contributed by atoms with van der Waals surface area (Å²) in [6.07, 6.45) is 0. The monoisotopic (exact) mass is 320 g/mol. The Morgan fingerprint density at radius 2 is 1.70 bits per heavy atom. The van der Waals surface area contributed by atoms with Crippen LogP contribution in [0.25, 0.3) is 0 Å². The second kappa shape index (κ2) is 7.76. The van der Waals surface area contributed by atoms with Gasteiger partial charge in [-0.05, 0) is 30.0 Å². The molecule has 0 saturated heterocycles. The Balaban J connectivity index is 2.61. The first-order chi connectivity index (χ1) is 10.6. The maximum absolute atomic E-state index is 12.1. The van der Waals surface area contributed by atoms with Crippen molar-refractivity contribution in [1.82, 2.24) is 10.6 Å². The Morgan fingerprint density at radius 1 is 1.13 bits per heavy atom. The summed E-state index contributed by atoms with van der Waals surface area (Å²) in [6.45, 7) is 7.41. The van der Waals surface area contributed by atoms with Crippen LogP contribution in [0.1, 0.15) is 43.6 Å². The molecule has 0 saturated carbocycles. The van der Waals surface area contributed by atoms with Gasteiger partial charge in [0.2, 0.25) is 0 Å². The maximum atomic E-state index is 12.1. The van der Waals surface area contributed by atoms with Crippen LogP contribution in [0.4, 0.5) is 0 Å². The molecule has 0 spiro atoms. The number of benzene rings is 1. The highest BCUT2D eigenvalue weighted by Crippen LogP contribution is 2.22. The van der Waals surface area contributed by atoms with Crippen LogP contribution in [0, 0.1) is 0 Å². The van der Waals surface area contributed by atoms with Crippen molar-refractivity contribution in [3.63, 3.8) is 0 Å². The summed E-state index contributed by atoms with van der Waals surface area (Å²) in [5.74, 6) is -1.43. The molecule has 23 heavy (non-hydrogen) atoms. The van der Waals surface area contributed by atoms with Gasteiger partial charge in [0.25, 0.3) is 11.8 Å². The molecular formula is C17H24N2O4. The van der Waals surface area contributed by atoms with Gasteiger partial charge in [0.05, 0.1) is 0 Å². The van der Waals surface area contributed by atoms with Gasteiger partial charge in [-0.2, -0.15) is 0 Å². The van der Waals surface area contributed by atoms with Crippen LogP contribution in [-0.4, -0.2) is 37.5 Å². The van der Waals surface area contributed by atoms with Crippen LogP contribution in [0.15, 0.2) is 24.3 Å². The molecule has 1 rings (SSSR count). The predicted molar refractivity (Wildman–Crippen MR) is 87.1 cm³/mol. The minimum absolute atomic E-state index is 0.00591. The summed E-state index contributed by atoms with van der Waals surface area (Å²) in [7, 11) is 1.45. The average molecular weight is 320 g/mol. The number of nitrogens with one attached hydrogen (secondary N) is 2. The Morgan fingerprint density at radius 3 is 2.17 bits per heavy atom. The first-order valence-corrected chi connectivity index (χ1v) is 7.43. The van der Waals surface area contributed by atoms with Gasteiger partial charge in [-0.25, -0.2) is 4.79 Å². The lowest BCUT2D eigenvalue weighted by Crippen LogP contribution is -2.40. The van der Waals surface area contributed by atoms with E-state index < -0.39 is 17.9 Å². The van der Waals surface area contributed by atoms with Crippen LogP contribution in [-0.2, 0) is 19.7 Å². The summed E-state index contributed by atoms with van der Waals surface area (Å²) >= 11 is 0. The molecule has 2 N–H and O–H groups in total. The highest BCUT2D eigenvalue weighted by atomic mass is 16.5. The van der Waals surface area contributed by atoms with Crippen molar-refractivity contribution >= 4 is 17.8 Å². The first-order valence-electron chi connectivity index (χ1n) is 7.43. The second-order valence-electron chi connectivity index (χ2n) is 6.30. The minimum Gasteiger partial charge on any atom is -0.454 e. The van der Waals surface area contributed by atoms with E-state index in [0.717, 1.165) is 5.56 Å². The molecular weight excluding hydrogens is 296 g/mol. The zero-order valence-electron chi connectivity index (χ0n) is 14.2. The van der Waals surface area contributed by atoms with E-state index in [1.54, 1.807) is 12.1 Å². The standard InChI is InChI=1S/C17H24N2O4/c1-11(16(22)23-10-14(20)18-5)19-15(21)12-6-8-13(9-7-12)17(2,3)4/h6-9,11H,10H2,1-5H3,(H,18,20)(H,19,21)/t11-/m0/s1. The van der Waals surface area contributed by atoms with E-state index in [2.05, 4.69) is 31.4 Å². The fraction of sp³-hybridized carbons (Fsp3) is 0.471. The number of esters is 1. The molecule has 2 amide bonds. The Kier molecular flexibility index (Phi) is 6.30. The number of carbonyl (C=O) groups excluding carboxylic acids is 3. The predicted octanol–water partition coefficient (Wildman–Crippen LogP) is 1.39. The van der Waals surface area contributed by atoms with Crippen LogP contribution >= 0.6 is 0 Å².